The molecule has 0 aromatic carbocycles. The maximum atomic E-state index is 10.7. The summed E-state index contributed by atoms with van der Waals surface area (Å²) in [6.07, 6.45) is 1.82. The molecule has 0 fully saturated rings. The summed E-state index contributed by atoms with van der Waals surface area (Å²) in [4.78, 5) is 15.0. The van der Waals surface area contributed by atoms with Crippen molar-refractivity contribution in [3.8, 4) is 0 Å². The molecule has 0 atom stereocenters. The summed E-state index contributed by atoms with van der Waals surface area (Å²) in [6, 6.07) is 3.97. The first-order valence-electron chi connectivity index (χ1n) is 6.66. The molecule has 21 heavy (non-hydrogen) atoms. The van der Waals surface area contributed by atoms with Gasteiger partial charge in [0.05, 0.1) is 12.3 Å². The number of aliphatic carboxylic acids is 1. The molecule has 2 rings (SSSR count). The van der Waals surface area contributed by atoms with E-state index in [1.165, 1.54) is 11.8 Å². The zero-order chi connectivity index (χ0) is 15.4. The van der Waals surface area contributed by atoms with E-state index in [-0.39, 0.29) is 11.7 Å². The zero-order valence-corrected chi connectivity index (χ0v) is 13.1. The van der Waals surface area contributed by atoms with E-state index in [9.17, 15) is 4.79 Å². The van der Waals surface area contributed by atoms with Gasteiger partial charge in [0, 0.05) is 17.8 Å². The minimum Gasteiger partial charge on any atom is -0.481 e. The molecule has 2 aromatic heterocycles. The molecule has 0 unspecified atom stereocenters. The third kappa shape index (κ3) is 4.04. The molecule has 0 bridgehead atoms. The van der Waals surface area contributed by atoms with Crippen molar-refractivity contribution in [2.24, 2.45) is 0 Å². The molecule has 2 heterocycles. The van der Waals surface area contributed by atoms with E-state index in [0.717, 1.165) is 17.1 Å². The number of rotatable bonds is 6. The Labute approximate surface area is 127 Å². The summed E-state index contributed by atoms with van der Waals surface area (Å²) in [5, 5.41) is 17.7. The van der Waals surface area contributed by atoms with E-state index >= 15 is 0 Å². The second kappa shape index (κ2) is 6.71. The van der Waals surface area contributed by atoms with Gasteiger partial charge < -0.3 is 9.67 Å². The van der Waals surface area contributed by atoms with E-state index in [2.05, 4.69) is 15.2 Å². The molecule has 0 spiro atoms. The van der Waals surface area contributed by atoms with E-state index in [1.54, 1.807) is 0 Å². The molecule has 6 nitrogen and oxygen atoms in total. The Morgan fingerprint density at radius 3 is 2.71 bits per heavy atom. The highest BCUT2D eigenvalue weighted by Gasteiger charge is 2.16. The molecule has 0 saturated heterocycles. The average molecular weight is 306 g/mol. The number of carboxylic acids is 1. The predicted octanol–water partition coefficient (Wildman–Crippen LogP) is 2.33. The van der Waals surface area contributed by atoms with Gasteiger partial charge in [-0.2, -0.15) is 0 Å². The number of hydrogen-bond donors (Lipinski definition) is 1. The Morgan fingerprint density at radius 1 is 1.38 bits per heavy atom. The van der Waals surface area contributed by atoms with Crippen LogP contribution in [0, 0.1) is 6.92 Å². The van der Waals surface area contributed by atoms with Gasteiger partial charge in [0.25, 0.3) is 0 Å². The van der Waals surface area contributed by atoms with Crippen LogP contribution in [-0.4, -0.2) is 36.6 Å². The van der Waals surface area contributed by atoms with Gasteiger partial charge in [-0.05, 0) is 18.6 Å². The van der Waals surface area contributed by atoms with Crippen LogP contribution in [0.4, 0.5) is 0 Å². The number of pyridine rings is 1. The maximum absolute atomic E-state index is 10.7. The van der Waals surface area contributed by atoms with Crippen LogP contribution in [0.5, 0.6) is 0 Å². The highest BCUT2D eigenvalue weighted by molar-refractivity contribution is 7.99. The standard InChI is InChI=1S/C14H18N4O2S/c1-9(2)13-16-17-14(21-8-12(19)20)18(13)7-11-5-4-10(3)15-6-11/h4-6,9H,7-8H2,1-3H3,(H,19,20). The van der Waals surface area contributed by atoms with E-state index in [4.69, 9.17) is 5.11 Å². The van der Waals surface area contributed by atoms with Gasteiger partial charge in [-0.3, -0.25) is 9.78 Å². The van der Waals surface area contributed by atoms with Crippen molar-refractivity contribution in [1.82, 2.24) is 19.7 Å². The second-order valence-electron chi connectivity index (χ2n) is 5.07. The summed E-state index contributed by atoms with van der Waals surface area (Å²) < 4.78 is 1.96. The van der Waals surface area contributed by atoms with E-state index in [1.807, 2.05) is 43.7 Å². The number of aromatic nitrogens is 4. The lowest BCUT2D eigenvalue weighted by Crippen LogP contribution is -2.09. The van der Waals surface area contributed by atoms with Crippen LogP contribution in [0.2, 0.25) is 0 Å². The third-order valence-corrected chi connectivity index (χ3v) is 3.85. The fourth-order valence-electron chi connectivity index (χ4n) is 1.88. The summed E-state index contributed by atoms with van der Waals surface area (Å²) in [7, 11) is 0. The van der Waals surface area contributed by atoms with Crippen LogP contribution in [0.1, 0.15) is 36.8 Å². The Kier molecular flexibility index (Phi) is 4.95. The summed E-state index contributed by atoms with van der Waals surface area (Å²) in [5.74, 6) is 0.179. The molecular weight excluding hydrogens is 288 g/mol. The first-order valence-corrected chi connectivity index (χ1v) is 7.65. The van der Waals surface area contributed by atoms with Gasteiger partial charge in [0.1, 0.15) is 5.82 Å². The molecule has 2 aromatic rings. The van der Waals surface area contributed by atoms with Gasteiger partial charge in [-0.15, -0.1) is 10.2 Å². The first-order chi connectivity index (χ1) is 9.97. The largest absolute Gasteiger partial charge is 0.481 e. The SMILES string of the molecule is Cc1ccc(Cn2c(SCC(=O)O)nnc2C(C)C)cn1. The Bertz CT molecular complexity index is 622. The van der Waals surface area contributed by atoms with Gasteiger partial charge in [-0.1, -0.05) is 31.7 Å². The molecule has 0 aliphatic heterocycles. The van der Waals surface area contributed by atoms with E-state index < -0.39 is 5.97 Å². The molecule has 0 amide bonds. The smallest absolute Gasteiger partial charge is 0.313 e. The van der Waals surface area contributed by atoms with Crippen molar-refractivity contribution >= 4 is 17.7 Å². The molecule has 1 N–H and O–H groups in total. The highest BCUT2D eigenvalue weighted by Crippen LogP contribution is 2.22. The summed E-state index contributed by atoms with van der Waals surface area (Å²) in [6.45, 7) is 6.62. The lowest BCUT2D eigenvalue weighted by Gasteiger charge is -2.11. The Hall–Kier alpha value is -1.89. The van der Waals surface area contributed by atoms with Crippen molar-refractivity contribution in [2.45, 2.75) is 38.4 Å². The van der Waals surface area contributed by atoms with Crippen LogP contribution >= 0.6 is 11.8 Å². The van der Waals surface area contributed by atoms with Gasteiger partial charge in [0.15, 0.2) is 5.16 Å². The van der Waals surface area contributed by atoms with Crippen molar-refractivity contribution in [2.75, 3.05) is 5.75 Å². The minimum absolute atomic E-state index is 0.0254. The maximum Gasteiger partial charge on any atom is 0.313 e. The molecule has 0 radical (unpaired) electrons. The summed E-state index contributed by atoms with van der Waals surface area (Å²) in [5.41, 5.74) is 2.01. The molecule has 0 aliphatic carbocycles. The number of thioether (sulfide) groups is 1. The topological polar surface area (TPSA) is 80.9 Å². The van der Waals surface area contributed by atoms with Gasteiger partial charge >= 0.3 is 5.97 Å². The van der Waals surface area contributed by atoms with Crippen LogP contribution in [0.3, 0.4) is 0 Å². The number of nitrogens with zero attached hydrogens (tertiary/aromatic N) is 4. The fourth-order valence-corrected chi connectivity index (χ4v) is 2.55. The van der Waals surface area contributed by atoms with Crippen LogP contribution in [-0.2, 0) is 11.3 Å². The zero-order valence-electron chi connectivity index (χ0n) is 12.3. The predicted molar refractivity (Wildman–Crippen MR) is 80.5 cm³/mol. The van der Waals surface area contributed by atoms with Gasteiger partial charge in [0.2, 0.25) is 0 Å². The third-order valence-electron chi connectivity index (χ3n) is 2.90. The molecule has 0 aliphatic rings. The van der Waals surface area contributed by atoms with Crippen LogP contribution in [0.25, 0.3) is 0 Å². The number of carboxylic acid groups (broad SMARTS) is 1. The Morgan fingerprint density at radius 2 is 2.14 bits per heavy atom. The van der Waals surface area contributed by atoms with Crippen molar-refractivity contribution in [3.05, 3.63) is 35.4 Å². The quantitative estimate of drug-likeness (QED) is 0.825. The molecule has 112 valence electrons. The monoisotopic (exact) mass is 306 g/mol. The van der Waals surface area contributed by atoms with E-state index in [0.29, 0.717) is 11.7 Å². The highest BCUT2D eigenvalue weighted by atomic mass is 32.2. The van der Waals surface area contributed by atoms with Gasteiger partial charge in [-0.25, -0.2) is 0 Å². The fraction of sp³-hybridized carbons (Fsp3) is 0.429. The number of aryl methyl sites for hydroxylation is 1. The first kappa shape index (κ1) is 15.5. The normalized spacial score (nSPS) is 11.0. The molecule has 7 heteroatoms. The van der Waals surface area contributed by atoms with Crippen LogP contribution in [0.15, 0.2) is 23.5 Å². The van der Waals surface area contributed by atoms with Crippen molar-refractivity contribution < 1.29 is 9.90 Å². The number of hydrogen-bond acceptors (Lipinski definition) is 5. The molecular formula is C14H18N4O2S. The van der Waals surface area contributed by atoms with Crippen molar-refractivity contribution in [1.29, 1.82) is 0 Å². The summed E-state index contributed by atoms with van der Waals surface area (Å²) >= 11 is 1.19. The van der Waals surface area contributed by atoms with Crippen molar-refractivity contribution in [3.63, 3.8) is 0 Å². The lowest BCUT2D eigenvalue weighted by atomic mass is 10.2. The minimum atomic E-state index is -0.863. The van der Waals surface area contributed by atoms with Crippen LogP contribution < -0.4 is 0 Å². The second-order valence-corrected chi connectivity index (χ2v) is 6.01. The molecule has 0 saturated carbocycles. The Balaban J connectivity index is 2.27. The lowest BCUT2D eigenvalue weighted by molar-refractivity contribution is -0.133. The average Bonchev–Trinajstić information content (AvgIpc) is 2.82. The number of carbonyl (C=O) groups is 1.